The van der Waals surface area contributed by atoms with Crippen LogP contribution >= 0.6 is 0 Å². The maximum Gasteiger partial charge on any atom is 0.228 e. The number of Topliss-reactive ketones (excluding diaryl/α,β-unsaturated/α-hetero) is 1. The number of carbonyl (C=O) groups excluding carboxylic acids is 2. The summed E-state index contributed by atoms with van der Waals surface area (Å²) in [6.07, 6.45) is 8.12. The lowest BCUT2D eigenvalue weighted by Gasteiger charge is -2.17. The molecule has 0 spiro atoms. The van der Waals surface area contributed by atoms with Crippen molar-refractivity contribution >= 4 is 44.3 Å². The van der Waals surface area contributed by atoms with Crippen molar-refractivity contribution in [2.45, 2.75) is 26.1 Å². The van der Waals surface area contributed by atoms with Crippen molar-refractivity contribution in [1.82, 2.24) is 15.0 Å². The second-order valence-electron chi connectivity index (χ2n) is 8.53. The van der Waals surface area contributed by atoms with E-state index in [0.717, 1.165) is 12.8 Å². The van der Waals surface area contributed by atoms with Crippen LogP contribution in [0.4, 0.5) is 22.9 Å². The zero-order chi connectivity index (χ0) is 28.4. The number of para-hydroxylation sites is 1. The van der Waals surface area contributed by atoms with Crippen molar-refractivity contribution in [2.75, 3.05) is 30.3 Å². The zero-order valence-corrected chi connectivity index (χ0v) is 20.9. The van der Waals surface area contributed by atoms with Gasteiger partial charge in [-0.1, -0.05) is 12.9 Å². The minimum Gasteiger partial charge on any atom is -0.494 e. The van der Waals surface area contributed by atoms with E-state index >= 15 is 0 Å². The molecule has 1 fully saturated rings. The summed E-state index contributed by atoms with van der Waals surface area (Å²) in [6.45, 7) is -2.47. The molecule has 0 atom stereocenters. The number of hydrogen-bond donors (Lipinski definition) is 2. The monoisotopic (exact) mass is 511 g/mol. The number of methoxy groups -OCH3 is 1. The van der Waals surface area contributed by atoms with Gasteiger partial charge in [-0.2, -0.15) is 4.36 Å². The molecule has 0 radical (unpaired) electrons. The number of ether oxygens (including phenoxy) is 1. The second kappa shape index (κ2) is 10.4. The van der Waals surface area contributed by atoms with E-state index in [9.17, 15) is 13.8 Å². The van der Waals surface area contributed by atoms with Gasteiger partial charge < -0.3 is 15.4 Å². The maximum atomic E-state index is 12.9. The van der Waals surface area contributed by atoms with Crippen LogP contribution < -0.4 is 15.4 Å². The molecule has 0 aliphatic heterocycles. The van der Waals surface area contributed by atoms with Gasteiger partial charge in [-0.3, -0.25) is 9.59 Å². The summed E-state index contributed by atoms with van der Waals surface area (Å²) in [4.78, 5) is 38.0. The minimum atomic E-state index is -2.47. The predicted octanol–water partition coefficient (Wildman–Crippen LogP) is 4.59. The van der Waals surface area contributed by atoms with E-state index in [1.165, 1.54) is 44.3 Å². The summed E-state index contributed by atoms with van der Waals surface area (Å²) in [5.41, 5.74) is 1.63. The quantitative estimate of drug-likeness (QED) is 0.398. The first-order chi connectivity index (χ1) is 18.3. The summed E-state index contributed by atoms with van der Waals surface area (Å²) >= 11 is 0. The minimum absolute atomic E-state index is 0.0490. The van der Waals surface area contributed by atoms with Crippen LogP contribution in [0, 0.1) is 5.92 Å². The van der Waals surface area contributed by atoms with Crippen LogP contribution in [-0.2, 0) is 14.5 Å². The van der Waals surface area contributed by atoms with E-state index in [4.69, 9.17) is 8.85 Å². The lowest BCUT2D eigenvalue weighted by Crippen LogP contribution is -2.15. The number of pyridine rings is 1. The molecule has 0 bridgehead atoms. The Morgan fingerprint density at radius 1 is 1.17 bits per heavy atom. The fraction of sp³-hybridized carbons (Fsp3) is 0.320. The largest absolute Gasteiger partial charge is 0.494 e. The number of hydrogen-bond acceptors (Lipinski definition) is 9. The summed E-state index contributed by atoms with van der Waals surface area (Å²) in [6, 6.07) is 6.66. The lowest BCUT2D eigenvalue weighted by atomic mass is 10.1. The van der Waals surface area contributed by atoms with Crippen molar-refractivity contribution in [2.24, 2.45) is 10.3 Å². The van der Waals surface area contributed by atoms with Gasteiger partial charge in [-0.05, 0) is 25.0 Å². The van der Waals surface area contributed by atoms with Crippen molar-refractivity contribution in [1.29, 1.82) is 0 Å². The molecule has 1 amide bonds. The van der Waals surface area contributed by atoms with Gasteiger partial charge in [0.25, 0.3) is 0 Å². The van der Waals surface area contributed by atoms with Crippen LogP contribution in [0.15, 0.2) is 47.2 Å². The number of anilines is 3. The molecule has 0 saturated heterocycles. The summed E-state index contributed by atoms with van der Waals surface area (Å²) in [5, 5.41) is 5.88. The first kappa shape index (κ1) is 21.4. The Bertz CT molecular complexity index is 1520. The normalized spacial score (nSPS) is 14.7. The van der Waals surface area contributed by atoms with E-state index in [2.05, 4.69) is 29.9 Å². The van der Waals surface area contributed by atoms with Crippen LogP contribution in [0.3, 0.4) is 0 Å². The molecule has 2 N–H and O–H groups in total. The van der Waals surface area contributed by atoms with Crippen molar-refractivity contribution in [3.05, 3.63) is 48.4 Å². The summed E-state index contributed by atoms with van der Waals surface area (Å²) in [5.74, 6) is 0.0407. The molecule has 188 valence electrons. The van der Waals surface area contributed by atoms with Crippen molar-refractivity contribution < 1.29 is 22.6 Å². The molecular formula is C25H28N6O4S. The van der Waals surface area contributed by atoms with Gasteiger partial charge in [-0.25, -0.2) is 19.2 Å². The topological polar surface area (TPSA) is 136 Å². The van der Waals surface area contributed by atoms with Crippen LogP contribution in [0.1, 0.15) is 40.6 Å². The molecule has 1 aliphatic carbocycles. The highest BCUT2D eigenvalue weighted by molar-refractivity contribution is 7.92. The SMILES string of the molecule is [2H]C([2H])([2H])CC(=O)c1cnc(NC(=O)C2CC2)cc1Nc1cccc(-c2ncc(N=S(C)(C)=O)cn2)c1OC. The Labute approximate surface area is 214 Å². The third-order valence-electron chi connectivity index (χ3n) is 5.26. The van der Waals surface area contributed by atoms with Gasteiger partial charge in [0, 0.05) is 51.0 Å². The molecule has 1 saturated carbocycles. The standard InChI is InChI=1S/C25H28N6O4S/c1-5-21(32)18-14-26-22(30-25(33)15-9-10-15)11-20(18)29-19-8-6-7-17(23(19)35-2)24-27-12-16(13-28-24)31-36(3,4)34/h6-8,11-15H,5,9-10H2,1-4H3,(H2,26,29,30,33)/i1D3. The molecular weight excluding hydrogens is 480 g/mol. The highest BCUT2D eigenvalue weighted by atomic mass is 32.2. The average molecular weight is 512 g/mol. The van der Waals surface area contributed by atoms with Gasteiger partial charge in [0.2, 0.25) is 5.91 Å². The molecule has 2 heterocycles. The van der Waals surface area contributed by atoms with E-state index in [-0.39, 0.29) is 28.9 Å². The number of benzene rings is 1. The Morgan fingerprint density at radius 3 is 2.56 bits per heavy atom. The van der Waals surface area contributed by atoms with E-state index < -0.39 is 28.8 Å². The number of carbonyl (C=O) groups is 2. The molecule has 3 aromatic rings. The van der Waals surface area contributed by atoms with Gasteiger partial charge >= 0.3 is 0 Å². The van der Waals surface area contributed by atoms with Gasteiger partial charge in [0.05, 0.1) is 42.0 Å². The fourth-order valence-corrected chi connectivity index (χ4v) is 4.06. The average Bonchev–Trinajstić information content (AvgIpc) is 3.68. The van der Waals surface area contributed by atoms with Crippen LogP contribution in [0.5, 0.6) is 5.75 Å². The van der Waals surface area contributed by atoms with Gasteiger partial charge in [-0.15, -0.1) is 0 Å². The van der Waals surface area contributed by atoms with E-state index in [1.54, 1.807) is 18.2 Å². The second-order valence-corrected chi connectivity index (χ2v) is 11.1. The van der Waals surface area contributed by atoms with Gasteiger partial charge in [0.1, 0.15) is 11.5 Å². The van der Waals surface area contributed by atoms with Crippen LogP contribution in [0.25, 0.3) is 11.4 Å². The predicted molar refractivity (Wildman–Crippen MR) is 140 cm³/mol. The molecule has 0 unspecified atom stereocenters. The van der Waals surface area contributed by atoms with E-state index in [0.29, 0.717) is 28.5 Å². The van der Waals surface area contributed by atoms with Crippen LogP contribution in [-0.4, -0.2) is 50.5 Å². The van der Waals surface area contributed by atoms with Crippen LogP contribution in [0.2, 0.25) is 0 Å². The summed E-state index contributed by atoms with van der Waals surface area (Å²) in [7, 11) is -0.914. The Hall–Kier alpha value is -3.86. The number of amides is 1. The van der Waals surface area contributed by atoms with Gasteiger partial charge in [0.15, 0.2) is 17.4 Å². The van der Waals surface area contributed by atoms with Crippen molar-refractivity contribution in [3.63, 3.8) is 0 Å². The first-order valence-electron chi connectivity index (χ1n) is 12.6. The Morgan fingerprint density at radius 2 is 1.92 bits per heavy atom. The molecule has 4 rings (SSSR count). The fourth-order valence-electron chi connectivity index (χ4n) is 3.46. The molecule has 1 aromatic carbocycles. The summed E-state index contributed by atoms with van der Waals surface area (Å²) < 4.78 is 44.2. The molecule has 1 aliphatic rings. The molecule has 10 nitrogen and oxygen atoms in total. The number of rotatable bonds is 9. The Balaban J connectivity index is 1.71. The number of aromatic nitrogens is 3. The Kier molecular flexibility index (Phi) is 6.19. The smallest absolute Gasteiger partial charge is 0.228 e. The maximum absolute atomic E-state index is 12.9. The first-order valence-corrected chi connectivity index (χ1v) is 13.4. The third kappa shape index (κ3) is 6.03. The molecule has 36 heavy (non-hydrogen) atoms. The highest BCUT2D eigenvalue weighted by Gasteiger charge is 2.30. The number of ketones is 1. The number of nitrogens with zero attached hydrogens (tertiary/aromatic N) is 4. The third-order valence-corrected chi connectivity index (χ3v) is 5.91. The molecule has 11 heteroatoms. The van der Waals surface area contributed by atoms with E-state index in [1.807, 2.05) is 0 Å². The van der Waals surface area contributed by atoms with Crippen molar-refractivity contribution in [3.8, 4) is 17.1 Å². The zero-order valence-electron chi connectivity index (χ0n) is 23.1. The lowest BCUT2D eigenvalue weighted by molar-refractivity contribution is -0.117. The molecule has 2 aromatic heterocycles. The number of nitrogens with one attached hydrogen (secondary N) is 2. The highest BCUT2D eigenvalue weighted by Crippen LogP contribution is 2.38.